The summed E-state index contributed by atoms with van der Waals surface area (Å²) in [6.07, 6.45) is 2.24. The van der Waals surface area contributed by atoms with Crippen molar-refractivity contribution in [2.24, 2.45) is 10.8 Å². The highest BCUT2D eigenvalue weighted by Gasteiger charge is 2.34. The first-order valence-corrected chi connectivity index (χ1v) is 6.97. The molecule has 0 rings (SSSR count). The van der Waals surface area contributed by atoms with Gasteiger partial charge in [-0.3, -0.25) is 0 Å². The molecule has 0 saturated carbocycles. The van der Waals surface area contributed by atoms with Gasteiger partial charge in [0.2, 0.25) is 0 Å². The van der Waals surface area contributed by atoms with Gasteiger partial charge < -0.3 is 4.90 Å². The van der Waals surface area contributed by atoms with E-state index in [1.807, 2.05) is 0 Å². The molecule has 1 nitrogen and oxygen atoms in total. The average molecular weight is 239 g/mol. The fraction of sp³-hybridized carbons (Fsp3) is 0.875. The lowest BCUT2D eigenvalue weighted by atomic mass is 9.72. The van der Waals surface area contributed by atoms with Gasteiger partial charge in [-0.05, 0) is 32.2 Å². The molecule has 102 valence electrons. The molecule has 0 saturated heterocycles. The summed E-state index contributed by atoms with van der Waals surface area (Å²) in [6.45, 7) is 21.5. The fourth-order valence-electron chi connectivity index (χ4n) is 2.62. The van der Waals surface area contributed by atoms with E-state index in [4.69, 9.17) is 0 Å². The number of rotatable bonds is 6. The Balaban J connectivity index is 4.86. The zero-order valence-corrected chi connectivity index (χ0v) is 13.4. The van der Waals surface area contributed by atoms with Gasteiger partial charge in [0, 0.05) is 18.0 Å². The minimum atomic E-state index is 0.231. The van der Waals surface area contributed by atoms with Crippen LogP contribution >= 0.6 is 0 Å². The van der Waals surface area contributed by atoms with Crippen LogP contribution in [0.3, 0.4) is 0 Å². The molecule has 0 heterocycles. The molecule has 17 heavy (non-hydrogen) atoms. The molecule has 0 radical (unpaired) electrons. The number of nitrogens with zero attached hydrogens (tertiary/aromatic N) is 1. The molecular formula is C16H33N. The second-order valence-corrected chi connectivity index (χ2v) is 6.88. The van der Waals surface area contributed by atoms with Crippen molar-refractivity contribution >= 4 is 0 Å². The predicted molar refractivity (Wildman–Crippen MR) is 79.4 cm³/mol. The molecule has 2 unspecified atom stereocenters. The van der Waals surface area contributed by atoms with Crippen molar-refractivity contribution in [3.8, 4) is 0 Å². The lowest BCUT2D eigenvalue weighted by Gasteiger charge is -2.43. The summed E-state index contributed by atoms with van der Waals surface area (Å²) in [7, 11) is 2.24. The molecule has 0 aromatic heterocycles. The van der Waals surface area contributed by atoms with Crippen LogP contribution in [-0.4, -0.2) is 24.5 Å². The smallest absolute Gasteiger partial charge is 0.0155 e. The first-order valence-electron chi connectivity index (χ1n) is 6.97. The summed E-state index contributed by atoms with van der Waals surface area (Å²) < 4.78 is 0. The maximum Gasteiger partial charge on any atom is 0.0155 e. The van der Waals surface area contributed by atoms with Crippen LogP contribution in [0, 0.1) is 10.8 Å². The third-order valence-corrected chi connectivity index (χ3v) is 4.28. The summed E-state index contributed by atoms with van der Waals surface area (Å²) in [4.78, 5) is 2.49. The van der Waals surface area contributed by atoms with E-state index in [0.717, 1.165) is 19.4 Å². The first-order chi connectivity index (χ1) is 7.58. The van der Waals surface area contributed by atoms with Crippen molar-refractivity contribution < 1.29 is 0 Å². The lowest BCUT2D eigenvalue weighted by molar-refractivity contribution is 0.0994. The normalized spacial score (nSPS) is 17.9. The van der Waals surface area contributed by atoms with Crippen LogP contribution in [0.25, 0.3) is 0 Å². The molecule has 0 fully saturated rings. The van der Waals surface area contributed by atoms with Gasteiger partial charge in [-0.2, -0.15) is 0 Å². The van der Waals surface area contributed by atoms with Crippen molar-refractivity contribution in [2.75, 3.05) is 13.6 Å². The molecule has 0 aromatic rings. The lowest BCUT2D eigenvalue weighted by Crippen LogP contribution is -2.46. The van der Waals surface area contributed by atoms with Gasteiger partial charge in [0.15, 0.2) is 0 Å². The van der Waals surface area contributed by atoms with Gasteiger partial charge >= 0.3 is 0 Å². The van der Waals surface area contributed by atoms with Crippen LogP contribution < -0.4 is 0 Å². The van der Waals surface area contributed by atoms with E-state index in [1.165, 1.54) is 5.57 Å². The third kappa shape index (κ3) is 4.46. The minimum absolute atomic E-state index is 0.231. The molecule has 0 aromatic carbocycles. The van der Waals surface area contributed by atoms with Crippen molar-refractivity contribution in [2.45, 2.75) is 67.3 Å². The molecule has 0 spiro atoms. The number of hydrogen-bond acceptors (Lipinski definition) is 1. The second-order valence-electron chi connectivity index (χ2n) is 6.88. The van der Waals surface area contributed by atoms with Gasteiger partial charge in [-0.1, -0.05) is 53.7 Å². The zero-order chi connectivity index (χ0) is 13.9. The van der Waals surface area contributed by atoms with E-state index in [1.54, 1.807) is 0 Å². The molecule has 0 amide bonds. The Morgan fingerprint density at radius 1 is 1.18 bits per heavy atom. The highest BCUT2D eigenvalue weighted by molar-refractivity contribution is 5.12. The van der Waals surface area contributed by atoms with Crippen molar-refractivity contribution in [3.05, 3.63) is 12.2 Å². The van der Waals surface area contributed by atoms with Crippen LogP contribution in [0.4, 0.5) is 0 Å². The van der Waals surface area contributed by atoms with Crippen molar-refractivity contribution in [3.63, 3.8) is 0 Å². The van der Waals surface area contributed by atoms with Gasteiger partial charge in [0.1, 0.15) is 0 Å². The Morgan fingerprint density at radius 2 is 1.65 bits per heavy atom. The second kappa shape index (κ2) is 6.04. The average Bonchev–Trinajstić information content (AvgIpc) is 2.23. The molecule has 0 aliphatic heterocycles. The molecule has 0 aliphatic rings. The van der Waals surface area contributed by atoms with Gasteiger partial charge in [-0.25, -0.2) is 0 Å². The van der Waals surface area contributed by atoms with Crippen LogP contribution in [0.5, 0.6) is 0 Å². The Labute approximate surface area is 109 Å². The highest BCUT2D eigenvalue weighted by Crippen LogP contribution is 2.38. The van der Waals surface area contributed by atoms with Gasteiger partial charge in [0.05, 0.1) is 0 Å². The van der Waals surface area contributed by atoms with Crippen LogP contribution in [0.1, 0.15) is 61.3 Å². The molecule has 0 aliphatic carbocycles. The number of hydrogen-bond donors (Lipinski definition) is 0. The summed E-state index contributed by atoms with van der Waals surface area (Å²) in [5, 5.41) is 0. The molecular weight excluding hydrogens is 206 g/mol. The Kier molecular flexibility index (Phi) is 5.93. The van der Waals surface area contributed by atoms with Gasteiger partial charge in [0.25, 0.3) is 0 Å². The van der Waals surface area contributed by atoms with Crippen LogP contribution in [0.2, 0.25) is 0 Å². The van der Waals surface area contributed by atoms with E-state index in [2.05, 4.69) is 67.0 Å². The maximum absolute atomic E-state index is 4.29. The topological polar surface area (TPSA) is 3.24 Å². The summed E-state index contributed by atoms with van der Waals surface area (Å²) in [5.74, 6) is 0. The van der Waals surface area contributed by atoms with E-state index in [-0.39, 0.29) is 5.41 Å². The standard InChI is InChI=1S/C16H33N/c1-10-13(3)16(8,11-2)14(4)17(9)12-15(5,6)7/h14H,3,10-12H2,1-2,4-9H3. The largest absolute Gasteiger partial charge is 0.302 e. The highest BCUT2D eigenvalue weighted by atomic mass is 15.1. The van der Waals surface area contributed by atoms with Gasteiger partial charge in [-0.15, -0.1) is 0 Å². The SMILES string of the molecule is C=C(CC)C(C)(CC)C(C)N(C)CC(C)(C)C. The Bertz CT molecular complexity index is 249. The van der Waals surface area contributed by atoms with E-state index in [0.29, 0.717) is 11.5 Å². The van der Waals surface area contributed by atoms with E-state index < -0.39 is 0 Å². The maximum atomic E-state index is 4.29. The van der Waals surface area contributed by atoms with Crippen LogP contribution in [-0.2, 0) is 0 Å². The predicted octanol–water partition coefficient (Wildman–Crippen LogP) is 4.74. The molecule has 0 bridgehead atoms. The van der Waals surface area contributed by atoms with E-state index in [9.17, 15) is 0 Å². The summed E-state index contributed by atoms with van der Waals surface area (Å²) in [5.41, 5.74) is 1.97. The summed E-state index contributed by atoms with van der Waals surface area (Å²) >= 11 is 0. The Morgan fingerprint density at radius 3 is 1.94 bits per heavy atom. The third-order valence-electron chi connectivity index (χ3n) is 4.28. The molecule has 0 N–H and O–H groups in total. The monoisotopic (exact) mass is 239 g/mol. The van der Waals surface area contributed by atoms with E-state index >= 15 is 0 Å². The fourth-order valence-corrected chi connectivity index (χ4v) is 2.62. The molecule has 2 atom stereocenters. The minimum Gasteiger partial charge on any atom is -0.302 e. The Hall–Kier alpha value is -0.300. The van der Waals surface area contributed by atoms with Crippen molar-refractivity contribution in [1.29, 1.82) is 0 Å². The first kappa shape index (κ1) is 16.7. The summed E-state index contributed by atoms with van der Waals surface area (Å²) in [6, 6.07) is 0.541. The van der Waals surface area contributed by atoms with Crippen LogP contribution in [0.15, 0.2) is 12.2 Å². The zero-order valence-electron chi connectivity index (χ0n) is 13.4. The quantitative estimate of drug-likeness (QED) is 0.605. The van der Waals surface area contributed by atoms with Crippen molar-refractivity contribution in [1.82, 2.24) is 4.90 Å². The molecule has 1 heteroatoms.